The Kier molecular flexibility index (Phi) is 6.91. The molecule has 0 N–H and O–H groups in total. The second-order valence-corrected chi connectivity index (χ2v) is 8.82. The molecule has 182 valence electrons. The number of carbonyl (C=O) groups excluding carboxylic acids is 1. The zero-order chi connectivity index (χ0) is 24.4. The van der Waals surface area contributed by atoms with Crippen molar-refractivity contribution in [3.8, 4) is 28.7 Å². The summed E-state index contributed by atoms with van der Waals surface area (Å²) in [4.78, 5) is 13.0. The predicted octanol–water partition coefficient (Wildman–Crippen LogP) is 4.54. The zero-order valence-corrected chi connectivity index (χ0v) is 20.6. The van der Waals surface area contributed by atoms with E-state index < -0.39 is 0 Å². The molecule has 0 radical (unpaired) electrons. The van der Waals surface area contributed by atoms with Crippen molar-refractivity contribution >= 4 is 5.97 Å². The standard InChI is InChI=1S/C27H32O7/c1-15(2)9-10-33-20-12-16(7-8-19(20)29-3)22-23-17(11-18-14-34-27(28)24(18)22)13-21(30-4)25(31-5)26(23)32-6/h7-9,12-13,18,22,24H,10-11,14H2,1-6H3/t18-,22-,24-/m0/s1. The van der Waals surface area contributed by atoms with E-state index in [2.05, 4.69) is 0 Å². The second kappa shape index (κ2) is 9.87. The van der Waals surface area contributed by atoms with E-state index in [1.165, 1.54) is 5.57 Å². The van der Waals surface area contributed by atoms with Crippen molar-refractivity contribution in [1.82, 2.24) is 0 Å². The van der Waals surface area contributed by atoms with Crippen LogP contribution in [0.2, 0.25) is 0 Å². The molecule has 1 fully saturated rings. The van der Waals surface area contributed by atoms with Gasteiger partial charge in [0.15, 0.2) is 23.0 Å². The number of cyclic esters (lactones) is 1. The molecule has 2 aromatic rings. The average Bonchev–Trinajstić information content (AvgIpc) is 3.20. The van der Waals surface area contributed by atoms with Crippen molar-refractivity contribution in [2.75, 3.05) is 41.7 Å². The lowest BCUT2D eigenvalue weighted by Crippen LogP contribution is -2.32. The fourth-order valence-corrected chi connectivity index (χ4v) is 5.05. The summed E-state index contributed by atoms with van der Waals surface area (Å²) in [6.07, 6.45) is 2.70. The molecule has 1 heterocycles. The lowest BCUT2D eigenvalue weighted by molar-refractivity contribution is -0.141. The number of benzene rings is 2. The van der Waals surface area contributed by atoms with Crippen molar-refractivity contribution in [3.63, 3.8) is 0 Å². The van der Waals surface area contributed by atoms with E-state index in [0.29, 0.717) is 48.4 Å². The minimum atomic E-state index is -0.335. The number of ether oxygens (including phenoxy) is 6. The minimum Gasteiger partial charge on any atom is -0.493 e. The van der Waals surface area contributed by atoms with E-state index in [0.717, 1.165) is 16.7 Å². The van der Waals surface area contributed by atoms with Crippen LogP contribution in [0.25, 0.3) is 0 Å². The lowest BCUT2D eigenvalue weighted by Gasteiger charge is -2.35. The Morgan fingerprint density at radius 2 is 1.71 bits per heavy atom. The van der Waals surface area contributed by atoms with Gasteiger partial charge in [-0.25, -0.2) is 0 Å². The maximum atomic E-state index is 13.0. The molecule has 0 saturated carbocycles. The number of esters is 1. The van der Waals surface area contributed by atoms with Crippen LogP contribution in [0, 0.1) is 11.8 Å². The van der Waals surface area contributed by atoms with Gasteiger partial charge in [0.05, 0.1) is 41.0 Å². The summed E-state index contributed by atoms with van der Waals surface area (Å²) in [5, 5.41) is 0. The molecule has 0 aromatic heterocycles. The van der Waals surface area contributed by atoms with Crippen LogP contribution in [-0.2, 0) is 16.0 Å². The molecule has 0 unspecified atom stereocenters. The molecule has 7 nitrogen and oxygen atoms in total. The van der Waals surface area contributed by atoms with Crippen molar-refractivity contribution in [3.05, 3.63) is 52.6 Å². The number of rotatable bonds is 8. The third-order valence-corrected chi connectivity index (χ3v) is 6.60. The maximum Gasteiger partial charge on any atom is 0.310 e. The summed E-state index contributed by atoms with van der Waals surface area (Å²) >= 11 is 0. The molecule has 2 aliphatic rings. The van der Waals surface area contributed by atoms with Crippen LogP contribution in [0.5, 0.6) is 28.7 Å². The highest BCUT2D eigenvalue weighted by molar-refractivity contribution is 5.79. The molecule has 1 aliphatic heterocycles. The molecule has 0 spiro atoms. The molecule has 3 atom stereocenters. The van der Waals surface area contributed by atoms with Crippen LogP contribution in [0.4, 0.5) is 0 Å². The molecule has 2 aromatic carbocycles. The second-order valence-electron chi connectivity index (χ2n) is 8.82. The van der Waals surface area contributed by atoms with Crippen LogP contribution in [0.1, 0.15) is 36.5 Å². The smallest absolute Gasteiger partial charge is 0.310 e. The number of allylic oxidation sites excluding steroid dienone is 1. The minimum absolute atomic E-state index is 0.0601. The number of methoxy groups -OCH3 is 4. The van der Waals surface area contributed by atoms with Gasteiger partial charge in [-0.2, -0.15) is 0 Å². The Labute approximate surface area is 200 Å². The van der Waals surface area contributed by atoms with Gasteiger partial charge in [-0.15, -0.1) is 0 Å². The largest absolute Gasteiger partial charge is 0.493 e. The number of fused-ring (bicyclic) bond motifs is 2. The first-order valence-corrected chi connectivity index (χ1v) is 11.4. The van der Waals surface area contributed by atoms with Crippen molar-refractivity contribution < 1.29 is 33.2 Å². The van der Waals surface area contributed by atoms with E-state index in [9.17, 15) is 4.79 Å². The van der Waals surface area contributed by atoms with E-state index in [1.54, 1.807) is 28.4 Å². The van der Waals surface area contributed by atoms with Crippen LogP contribution in [0.15, 0.2) is 35.9 Å². The molecule has 34 heavy (non-hydrogen) atoms. The normalized spacial score (nSPS) is 20.5. The van der Waals surface area contributed by atoms with Crippen LogP contribution in [0.3, 0.4) is 0 Å². The van der Waals surface area contributed by atoms with Crippen LogP contribution >= 0.6 is 0 Å². The van der Waals surface area contributed by atoms with Crippen molar-refractivity contribution in [2.24, 2.45) is 11.8 Å². The van der Waals surface area contributed by atoms with Gasteiger partial charge in [0.1, 0.15) is 6.61 Å². The Hall–Kier alpha value is -3.35. The number of hydrogen-bond acceptors (Lipinski definition) is 7. The Balaban J connectivity index is 1.90. The summed E-state index contributed by atoms with van der Waals surface area (Å²) in [5.74, 6) is 2.16. The molecular formula is C27H32O7. The van der Waals surface area contributed by atoms with E-state index in [1.807, 2.05) is 44.2 Å². The van der Waals surface area contributed by atoms with Gasteiger partial charge >= 0.3 is 5.97 Å². The van der Waals surface area contributed by atoms with Crippen molar-refractivity contribution in [2.45, 2.75) is 26.2 Å². The van der Waals surface area contributed by atoms with Crippen LogP contribution in [-0.4, -0.2) is 47.6 Å². The van der Waals surface area contributed by atoms with Gasteiger partial charge < -0.3 is 28.4 Å². The van der Waals surface area contributed by atoms with Crippen LogP contribution < -0.4 is 23.7 Å². The molecule has 1 aliphatic carbocycles. The van der Waals surface area contributed by atoms with E-state index in [-0.39, 0.29) is 23.7 Å². The Morgan fingerprint density at radius 1 is 0.971 bits per heavy atom. The fraction of sp³-hybridized carbons (Fsp3) is 0.444. The molecule has 0 bridgehead atoms. The van der Waals surface area contributed by atoms with E-state index >= 15 is 0 Å². The molecule has 7 heteroatoms. The first-order chi connectivity index (χ1) is 16.4. The first kappa shape index (κ1) is 23.8. The summed E-state index contributed by atoms with van der Waals surface area (Å²) in [6.45, 7) is 4.87. The quantitative estimate of drug-likeness (QED) is 0.416. The van der Waals surface area contributed by atoms with Crippen molar-refractivity contribution in [1.29, 1.82) is 0 Å². The van der Waals surface area contributed by atoms with Gasteiger partial charge in [0, 0.05) is 17.4 Å². The highest BCUT2D eigenvalue weighted by Crippen LogP contribution is 2.55. The zero-order valence-electron chi connectivity index (χ0n) is 20.6. The summed E-state index contributed by atoms with van der Waals surface area (Å²) in [6, 6.07) is 7.80. The summed E-state index contributed by atoms with van der Waals surface area (Å²) in [7, 11) is 6.41. The number of hydrogen-bond donors (Lipinski definition) is 0. The first-order valence-electron chi connectivity index (χ1n) is 11.4. The molecular weight excluding hydrogens is 436 g/mol. The van der Waals surface area contributed by atoms with Gasteiger partial charge in [0.25, 0.3) is 0 Å². The highest BCUT2D eigenvalue weighted by Gasteiger charge is 2.49. The Bertz CT molecular complexity index is 1100. The molecule has 0 amide bonds. The van der Waals surface area contributed by atoms with Gasteiger partial charge in [-0.05, 0) is 55.7 Å². The molecule has 4 rings (SSSR count). The predicted molar refractivity (Wildman–Crippen MR) is 128 cm³/mol. The van der Waals surface area contributed by atoms with Gasteiger partial charge in [-0.3, -0.25) is 4.79 Å². The number of carbonyl (C=O) groups is 1. The third kappa shape index (κ3) is 4.15. The van der Waals surface area contributed by atoms with E-state index in [4.69, 9.17) is 28.4 Å². The topological polar surface area (TPSA) is 72.5 Å². The highest BCUT2D eigenvalue weighted by atomic mass is 16.5. The summed E-state index contributed by atoms with van der Waals surface area (Å²) in [5.41, 5.74) is 4.06. The summed E-state index contributed by atoms with van der Waals surface area (Å²) < 4.78 is 34.2. The maximum absolute atomic E-state index is 13.0. The van der Waals surface area contributed by atoms with Gasteiger partial charge in [0.2, 0.25) is 5.75 Å². The fourth-order valence-electron chi connectivity index (χ4n) is 5.05. The van der Waals surface area contributed by atoms with Gasteiger partial charge in [-0.1, -0.05) is 11.6 Å². The Morgan fingerprint density at radius 3 is 2.35 bits per heavy atom. The average molecular weight is 469 g/mol. The lowest BCUT2D eigenvalue weighted by atomic mass is 9.67. The SMILES string of the molecule is COc1ccc([C@H]2c3c(cc(OC)c(OC)c3OC)C[C@H]3COC(=O)[C@@H]32)cc1OCC=C(C)C. The third-order valence-electron chi connectivity index (χ3n) is 6.60. The molecule has 1 saturated heterocycles. The monoisotopic (exact) mass is 468 g/mol.